The molecule has 0 atom stereocenters. The van der Waals surface area contributed by atoms with Gasteiger partial charge in [0.05, 0.1) is 17.6 Å². The molecule has 0 aliphatic carbocycles. The Hall–Kier alpha value is -2.39. The summed E-state index contributed by atoms with van der Waals surface area (Å²) in [5.74, 6) is 0.266. The number of nitrogen functional groups attached to an aromatic ring is 1. The van der Waals surface area contributed by atoms with E-state index in [2.05, 4.69) is 20.6 Å². The highest BCUT2D eigenvalue weighted by atomic mass is 32.2. The van der Waals surface area contributed by atoms with E-state index in [-0.39, 0.29) is 5.91 Å². The van der Waals surface area contributed by atoms with Crippen LogP contribution >= 0.6 is 23.1 Å². The molecule has 0 fully saturated rings. The molecule has 9 heteroatoms. The van der Waals surface area contributed by atoms with Crippen LogP contribution in [0.1, 0.15) is 5.56 Å². The van der Waals surface area contributed by atoms with Crippen molar-refractivity contribution in [1.82, 2.24) is 25.3 Å². The molecule has 0 aliphatic heterocycles. The largest absolute Gasteiger partial charge is 0.374 e. The Morgan fingerprint density at radius 3 is 2.88 bits per heavy atom. The molecule has 24 heavy (non-hydrogen) atoms. The van der Waals surface area contributed by atoms with Gasteiger partial charge in [-0.15, -0.1) is 10.2 Å². The van der Waals surface area contributed by atoms with E-state index in [1.54, 1.807) is 0 Å². The van der Waals surface area contributed by atoms with Crippen molar-refractivity contribution in [2.75, 3.05) is 18.0 Å². The van der Waals surface area contributed by atoms with Gasteiger partial charge in [0.25, 0.3) is 0 Å². The van der Waals surface area contributed by atoms with E-state index in [0.717, 1.165) is 17.7 Å². The van der Waals surface area contributed by atoms with Crippen LogP contribution in [0.3, 0.4) is 0 Å². The quantitative estimate of drug-likeness (QED) is 0.623. The number of hydrogen-bond acceptors (Lipinski definition) is 7. The number of nitrogens with zero attached hydrogens (tertiary/aromatic N) is 4. The third kappa shape index (κ3) is 4.56. The molecule has 3 aromatic rings. The summed E-state index contributed by atoms with van der Waals surface area (Å²) in [5, 5.41) is 15.2. The van der Waals surface area contributed by atoms with Gasteiger partial charge in [-0.2, -0.15) is 5.10 Å². The Morgan fingerprint density at radius 2 is 2.12 bits per heavy atom. The van der Waals surface area contributed by atoms with Crippen LogP contribution in [0.5, 0.6) is 0 Å². The lowest BCUT2D eigenvalue weighted by molar-refractivity contribution is -0.118. The fourth-order valence-electron chi connectivity index (χ4n) is 2.01. The first kappa shape index (κ1) is 16.5. The Balaban J connectivity index is 1.41. The van der Waals surface area contributed by atoms with E-state index in [0.29, 0.717) is 21.8 Å². The molecule has 3 N–H and O–H groups in total. The van der Waals surface area contributed by atoms with Crippen molar-refractivity contribution < 1.29 is 4.79 Å². The van der Waals surface area contributed by atoms with E-state index < -0.39 is 0 Å². The predicted octanol–water partition coefficient (Wildman–Crippen LogP) is 1.76. The number of amides is 1. The molecule has 0 aliphatic rings. The van der Waals surface area contributed by atoms with E-state index in [1.165, 1.54) is 23.1 Å². The van der Waals surface area contributed by atoms with Crippen LogP contribution in [-0.2, 0) is 11.2 Å². The molecule has 3 rings (SSSR count). The SMILES string of the molecule is Nc1nnc(SCC(=O)NCCc2cnn(-c3ccccc3)c2)s1. The van der Waals surface area contributed by atoms with Crippen molar-refractivity contribution >= 4 is 34.1 Å². The minimum Gasteiger partial charge on any atom is -0.374 e. The molecule has 1 amide bonds. The number of benzene rings is 1. The van der Waals surface area contributed by atoms with Gasteiger partial charge in [0.1, 0.15) is 0 Å². The molecule has 2 heterocycles. The van der Waals surface area contributed by atoms with Gasteiger partial charge >= 0.3 is 0 Å². The molecular weight excluding hydrogens is 344 g/mol. The van der Waals surface area contributed by atoms with Gasteiger partial charge in [0.2, 0.25) is 11.0 Å². The minimum atomic E-state index is -0.0378. The van der Waals surface area contributed by atoms with Gasteiger partial charge in [-0.3, -0.25) is 4.79 Å². The summed E-state index contributed by atoms with van der Waals surface area (Å²) >= 11 is 2.61. The first-order valence-electron chi connectivity index (χ1n) is 7.28. The monoisotopic (exact) mass is 360 g/mol. The van der Waals surface area contributed by atoms with Crippen molar-refractivity contribution in [2.24, 2.45) is 0 Å². The van der Waals surface area contributed by atoms with Crippen molar-refractivity contribution in [3.8, 4) is 5.69 Å². The molecule has 0 bridgehead atoms. The van der Waals surface area contributed by atoms with Crippen LogP contribution in [0.15, 0.2) is 47.1 Å². The molecule has 0 unspecified atom stereocenters. The molecule has 1 aromatic carbocycles. The molecule has 124 valence electrons. The Labute approximate surface area is 147 Å². The summed E-state index contributed by atoms with van der Waals surface area (Å²) in [5.41, 5.74) is 7.58. The van der Waals surface area contributed by atoms with Crippen molar-refractivity contribution in [2.45, 2.75) is 10.8 Å². The normalized spacial score (nSPS) is 10.7. The number of nitrogens with two attached hydrogens (primary N) is 1. The summed E-state index contributed by atoms with van der Waals surface area (Å²) in [6, 6.07) is 9.91. The minimum absolute atomic E-state index is 0.0378. The molecule has 7 nitrogen and oxygen atoms in total. The van der Waals surface area contributed by atoms with Crippen molar-refractivity contribution in [3.05, 3.63) is 48.3 Å². The van der Waals surface area contributed by atoms with Gasteiger partial charge in [-0.25, -0.2) is 4.68 Å². The van der Waals surface area contributed by atoms with Crippen molar-refractivity contribution in [3.63, 3.8) is 0 Å². The number of carbonyl (C=O) groups is 1. The van der Waals surface area contributed by atoms with E-state index in [1.807, 2.05) is 47.4 Å². The maximum atomic E-state index is 11.8. The average Bonchev–Trinajstić information content (AvgIpc) is 3.23. The van der Waals surface area contributed by atoms with Gasteiger partial charge in [-0.05, 0) is 24.1 Å². The van der Waals surface area contributed by atoms with E-state index in [9.17, 15) is 4.79 Å². The molecule has 0 radical (unpaired) electrons. The number of carbonyl (C=O) groups excluding carboxylic acids is 1. The third-order valence-electron chi connectivity index (χ3n) is 3.14. The maximum Gasteiger partial charge on any atom is 0.230 e. The Morgan fingerprint density at radius 1 is 1.29 bits per heavy atom. The third-order valence-corrected chi connectivity index (χ3v) is 5.03. The second kappa shape index (κ2) is 7.93. The zero-order valence-electron chi connectivity index (χ0n) is 12.8. The lowest BCUT2D eigenvalue weighted by Gasteiger charge is -2.03. The van der Waals surface area contributed by atoms with Gasteiger partial charge in [-0.1, -0.05) is 41.3 Å². The van der Waals surface area contributed by atoms with Crippen LogP contribution in [0.25, 0.3) is 5.69 Å². The number of nitrogens with one attached hydrogen (secondary N) is 1. The van der Waals surface area contributed by atoms with Gasteiger partial charge in [0, 0.05) is 12.7 Å². The average molecular weight is 360 g/mol. The maximum absolute atomic E-state index is 11.8. The number of thioether (sulfide) groups is 1. The summed E-state index contributed by atoms with van der Waals surface area (Å²) in [6.07, 6.45) is 4.52. The highest BCUT2D eigenvalue weighted by Gasteiger charge is 2.07. The zero-order valence-corrected chi connectivity index (χ0v) is 14.4. The topological polar surface area (TPSA) is 98.7 Å². The smallest absolute Gasteiger partial charge is 0.230 e. The number of anilines is 1. The van der Waals surface area contributed by atoms with Crippen LogP contribution in [0.2, 0.25) is 0 Å². The van der Waals surface area contributed by atoms with Gasteiger partial charge in [0.15, 0.2) is 4.34 Å². The summed E-state index contributed by atoms with van der Waals surface area (Å²) in [7, 11) is 0. The first-order valence-corrected chi connectivity index (χ1v) is 9.08. The standard InChI is InChI=1S/C15H16N6OS2/c16-14-19-20-15(24-14)23-10-13(22)17-7-6-11-8-18-21(9-11)12-4-2-1-3-5-12/h1-5,8-9H,6-7,10H2,(H2,16,19)(H,17,22). The fraction of sp³-hybridized carbons (Fsp3) is 0.200. The van der Waals surface area contributed by atoms with Crippen LogP contribution in [0.4, 0.5) is 5.13 Å². The molecule has 0 saturated heterocycles. The molecule has 0 saturated carbocycles. The molecule has 0 spiro atoms. The Kier molecular flexibility index (Phi) is 5.44. The van der Waals surface area contributed by atoms with Crippen LogP contribution in [0, 0.1) is 0 Å². The van der Waals surface area contributed by atoms with Crippen LogP contribution < -0.4 is 11.1 Å². The number of hydrogen-bond donors (Lipinski definition) is 2. The first-order chi connectivity index (χ1) is 11.7. The fourth-order valence-corrected chi connectivity index (χ4v) is 3.48. The van der Waals surface area contributed by atoms with Crippen molar-refractivity contribution in [1.29, 1.82) is 0 Å². The summed E-state index contributed by atoms with van der Waals surface area (Å²) in [4.78, 5) is 11.8. The second-order valence-electron chi connectivity index (χ2n) is 4.92. The van der Waals surface area contributed by atoms with Crippen LogP contribution in [-0.4, -0.2) is 38.2 Å². The molecule has 2 aromatic heterocycles. The zero-order chi connectivity index (χ0) is 16.8. The summed E-state index contributed by atoms with van der Waals surface area (Å²) in [6.45, 7) is 0.568. The highest BCUT2D eigenvalue weighted by molar-refractivity contribution is 8.01. The van der Waals surface area contributed by atoms with E-state index in [4.69, 9.17) is 5.73 Å². The number of rotatable bonds is 7. The number of para-hydroxylation sites is 1. The summed E-state index contributed by atoms with van der Waals surface area (Å²) < 4.78 is 2.53. The molecular formula is C15H16N6OS2. The Bertz CT molecular complexity index is 801. The van der Waals surface area contributed by atoms with Gasteiger partial charge < -0.3 is 11.1 Å². The lowest BCUT2D eigenvalue weighted by Crippen LogP contribution is -2.27. The van der Waals surface area contributed by atoms with E-state index >= 15 is 0 Å². The lowest BCUT2D eigenvalue weighted by atomic mass is 10.2. The second-order valence-corrected chi connectivity index (χ2v) is 7.16. The highest BCUT2D eigenvalue weighted by Crippen LogP contribution is 2.22. The number of aromatic nitrogens is 4. The predicted molar refractivity (Wildman–Crippen MR) is 95.3 cm³/mol.